The van der Waals surface area contributed by atoms with Crippen molar-refractivity contribution in [2.75, 3.05) is 32.8 Å². The van der Waals surface area contributed by atoms with Crippen LogP contribution in [0.1, 0.15) is 25.7 Å². The van der Waals surface area contributed by atoms with Gasteiger partial charge in [0, 0.05) is 37.6 Å². The van der Waals surface area contributed by atoms with Crippen LogP contribution in [0.3, 0.4) is 0 Å². The fourth-order valence-electron chi connectivity index (χ4n) is 2.73. The van der Waals surface area contributed by atoms with E-state index in [9.17, 15) is 0 Å². The molecule has 0 atom stereocenters. The molecule has 2 saturated heterocycles. The largest absolute Gasteiger partial charge is 0.401 e. The zero-order valence-corrected chi connectivity index (χ0v) is 11.1. The molecule has 0 aromatic heterocycles. The van der Waals surface area contributed by atoms with E-state index in [2.05, 4.69) is 5.32 Å². The number of allylic oxidation sites excluding steroid dienone is 1. The first-order valence-electron chi connectivity index (χ1n) is 7.02. The maximum atomic E-state index is 6.14. The number of hydrazine groups is 1. The second kappa shape index (κ2) is 6.97. The van der Waals surface area contributed by atoms with Gasteiger partial charge in [-0.2, -0.15) is 0 Å². The minimum atomic E-state index is 0.493. The van der Waals surface area contributed by atoms with E-state index in [1.165, 1.54) is 0 Å². The summed E-state index contributed by atoms with van der Waals surface area (Å²) in [5, 5.41) is 5.12. The van der Waals surface area contributed by atoms with Crippen LogP contribution in [-0.4, -0.2) is 37.9 Å². The Morgan fingerprint density at radius 2 is 1.89 bits per heavy atom. The molecule has 5 nitrogen and oxygen atoms in total. The normalized spacial score (nSPS) is 24.2. The average molecular weight is 254 g/mol. The molecule has 0 aromatic rings. The van der Waals surface area contributed by atoms with Gasteiger partial charge in [-0.15, -0.1) is 0 Å². The summed E-state index contributed by atoms with van der Waals surface area (Å²) in [6.07, 6.45) is 6.38. The summed E-state index contributed by atoms with van der Waals surface area (Å²) in [6, 6.07) is 0. The Balaban J connectivity index is 1.78. The fourth-order valence-corrected chi connectivity index (χ4v) is 2.73. The van der Waals surface area contributed by atoms with E-state index in [-0.39, 0.29) is 0 Å². The third kappa shape index (κ3) is 4.15. The Kier molecular flexibility index (Phi) is 5.28. The van der Waals surface area contributed by atoms with Gasteiger partial charge < -0.3 is 20.8 Å². The maximum Gasteiger partial charge on any atom is 0.0469 e. The van der Waals surface area contributed by atoms with Crippen molar-refractivity contribution in [3.05, 3.63) is 11.9 Å². The molecule has 0 aliphatic carbocycles. The van der Waals surface area contributed by atoms with Gasteiger partial charge in [0.25, 0.3) is 0 Å². The summed E-state index contributed by atoms with van der Waals surface area (Å²) < 4.78 is 5.35. The molecule has 5 heteroatoms. The highest BCUT2D eigenvalue weighted by Gasteiger charge is 2.18. The predicted molar refractivity (Wildman–Crippen MR) is 72.3 cm³/mol. The summed E-state index contributed by atoms with van der Waals surface area (Å²) in [6.45, 7) is 4.74. The van der Waals surface area contributed by atoms with Crippen LogP contribution < -0.4 is 16.9 Å². The van der Waals surface area contributed by atoms with Crippen LogP contribution in [0.5, 0.6) is 0 Å². The molecule has 0 saturated carbocycles. The highest BCUT2D eigenvalue weighted by molar-refractivity contribution is 5.02. The second-order valence-electron chi connectivity index (χ2n) is 5.41. The lowest BCUT2D eigenvalue weighted by Crippen LogP contribution is -2.36. The molecule has 0 unspecified atom stereocenters. The van der Waals surface area contributed by atoms with E-state index in [1.807, 2.05) is 6.20 Å². The van der Waals surface area contributed by atoms with Crippen LogP contribution >= 0.6 is 0 Å². The number of hydrogen-bond acceptors (Lipinski definition) is 5. The minimum absolute atomic E-state index is 0.493. The summed E-state index contributed by atoms with van der Waals surface area (Å²) in [7, 11) is 0. The first kappa shape index (κ1) is 13.6. The molecule has 0 aromatic carbocycles. The molecular weight excluding hydrogens is 228 g/mol. The number of ether oxygens (including phenoxy) is 1. The van der Waals surface area contributed by atoms with E-state index in [0.29, 0.717) is 11.8 Å². The van der Waals surface area contributed by atoms with E-state index >= 15 is 0 Å². The van der Waals surface area contributed by atoms with Crippen molar-refractivity contribution < 1.29 is 4.74 Å². The fraction of sp³-hybridized carbons (Fsp3) is 0.846. The third-order valence-electron chi connectivity index (χ3n) is 3.94. The van der Waals surface area contributed by atoms with Crippen LogP contribution in [0.4, 0.5) is 0 Å². The van der Waals surface area contributed by atoms with E-state index in [1.54, 1.807) is 5.01 Å². The number of nitrogens with one attached hydrogen (secondary N) is 1. The van der Waals surface area contributed by atoms with Crippen LogP contribution in [0, 0.1) is 11.8 Å². The van der Waals surface area contributed by atoms with Crippen molar-refractivity contribution >= 4 is 0 Å². The Hall–Kier alpha value is -0.780. The Labute approximate surface area is 109 Å². The Morgan fingerprint density at radius 3 is 2.56 bits per heavy atom. The van der Waals surface area contributed by atoms with Crippen molar-refractivity contribution in [2.45, 2.75) is 25.7 Å². The number of nitrogens with zero attached hydrogens (tertiary/aromatic N) is 1. The zero-order chi connectivity index (χ0) is 12.8. The lowest BCUT2D eigenvalue weighted by Gasteiger charge is -2.28. The molecule has 2 heterocycles. The molecule has 18 heavy (non-hydrogen) atoms. The van der Waals surface area contributed by atoms with E-state index < -0.39 is 0 Å². The monoisotopic (exact) mass is 254 g/mol. The first-order chi connectivity index (χ1) is 8.75. The number of hydrogen-bond donors (Lipinski definition) is 3. The molecule has 0 spiro atoms. The van der Waals surface area contributed by atoms with Crippen molar-refractivity contribution in [3.8, 4) is 0 Å². The highest BCUT2D eigenvalue weighted by atomic mass is 16.5. The average Bonchev–Trinajstić information content (AvgIpc) is 2.40. The molecule has 5 N–H and O–H groups in total. The smallest absolute Gasteiger partial charge is 0.0469 e. The van der Waals surface area contributed by atoms with Gasteiger partial charge >= 0.3 is 0 Å². The molecule has 0 bridgehead atoms. The molecule has 2 aliphatic heterocycles. The molecular formula is C13H26N4O. The molecule has 2 fully saturated rings. The van der Waals surface area contributed by atoms with Crippen molar-refractivity contribution in [2.24, 2.45) is 23.4 Å². The van der Waals surface area contributed by atoms with Crippen LogP contribution in [0.2, 0.25) is 0 Å². The molecule has 0 amide bonds. The quantitative estimate of drug-likeness (QED) is 0.500. The summed E-state index contributed by atoms with van der Waals surface area (Å²) in [4.78, 5) is 0. The third-order valence-corrected chi connectivity index (χ3v) is 3.94. The van der Waals surface area contributed by atoms with Crippen LogP contribution in [0.15, 0.2) is 11.9 Å². The standard InChI is InChI=1S/C13H26N4O/c14-13(12-1-5-16-6-2-12)10-17(15)9-11-3-7-18-8-4-11/h10-12,16H,1-9,14-15H2/b13-10-. The summed E-state index contributed by atoms with van der Waals surface area (Å²) in [5.41, 5.74) is 7.08. The minimum Gasteiger partial charge on any atom is -0.401 e. The Morgan fingerprint density at radius 1 is 1.22 bits per heavy atom. The summed E-state index contributed by atoms with van der Waals surface area (Å²) >= 11 is 0. The van der Waals surface area contributed by atoms with Crippen LogP contribution in [-0.2, 0) is 4.74 Å². The van der Waals surface area contributed by atoms with Gasteiger partial charge in [-0.3, -0.25) is 0 Å². The molecule has 2 aliphatic rings. The maximum absolute atomic E-state index is 6.14. The molecule has 2 rings (SSSR count). The summed E-state index contributed by atoms with van der Waals surface area (Å²) in [5.74, 6) is 7.16. The van der Waals surface area contributed by atoms with Gasteiger partial charge in [0.15, 0.2) is 0 Å². The van der Waals surface area contributed by atoms with Gasteiger partial charge in [-0.1, -0.05) is 0 Å². The molecule has 0 radical (unpaired) electrons. The number of rotatable bonds is 4. The van der Waals surface area contributed by atoms with Crippen molar-refractivity contribution in [1.29, 1.82) is 0 Å². The molecule has 104 valence electrons. The number of piperidine rings is 1. The van der Waals surface area contributed by atoms with E-state index in [4.69, 9.17) is 16.3 Å². The van der Waals surface area contributed by atoms with Gasteiger partial charge in [0.1, 0.15) is 0 Å². The zero-order valence-electron chi connectivity index (χ0n) is 11.1. The SMILES string of the molecule is N/C(=C\N(N)CC1CCOCC1)C1CCNCC1. The van der Waals surface area contributed by atoms with Gasteiger partial charge in [-0.05, 0) is 44.7 Å². The number of nitrogens with two attached hydrogens (primary N) is 2. The van der Waals surface area contributed by atoms with Crippen molar-refractivity contribution in [1.82, 2.24) is 10.3 Å². The van der Waals surface area contributed by atoms with Gasteiger partial charge in [0.2, 0.25) is 0 Å². The van der Waals surface area contributed by atoms with Crippen LogP contribution in [0.25, 0.3) is 0 Å². The predicted octanol–water partition coefficient (Wildman–Crippen LogP) is 0.388. The highest BCUT2D eigenvalue weighted by Crippen LogP contribution is 2.19. The lowest BCUT2D eigenvalue weighted by molar-refractivity contribution is 0.0577. The van der Waals surface area contributed by atoms with Gasteiger partial charge in [-0.25, -0.2) is 5.84 Å². The topological polar surface area (TPSA) is 76.5 Å². The Bertz CT molecular complexity index is 270. The van der Waals surface area contributed by atoms with Gasteiger partial charge in [0.05, 0.1) is 0 Å². The lowest BCUT2D eigenvalue weighted by atomic mass is 9.95. The van der Waals surface area contributed by atoms with Crippen molar-refractivity contribution in [3.63, 3.8) is 0 Å². The second-order valence-corrected chi connectivity index (χ2v) is 5.41. The first-order valence-corrected chi connectivity index (χ1v) is 7.02. The van der Waals surface area contributed by atoms with E-state index in [0.717, 1.165) is 64.2 Å².